The molecule has 0 amide bonds. The van der Waals surface area contributed by atoms with Gasteiger partial charge in [0.2, 0.25) is 0 Å². The molecule has 1 saturated heterocycles. The van der Waals surface area contributed by atoms with Gasteiger partial charge in [0, 0.05) is 6.54 Å². The van der Waals surface area contributed by atoms with Gasteiger partial charge >= 0.3 is 0 Å². The second kappa shape index (κ2) is 4.32. The maximum absolute atomic E-state index is 9.32. The van der Waals surface area contributed by atoms with Gasteiger partial charge in [-0.25, -0.2) is 0 Å². The van der Waals surface area contributed by atoms with E-state index >= 15 is 0 Å². The van der Waals surface area contributed by atoms with Crippen molar-refractivity contribution in [3.8, 4) is 0 Å². The van der Waals surface area contributed by atoms with Crippen molar-refractivity contribution in [3.05, 3.63) is 0 Å². The second-order valence-electron chi connectivity index (χ2n) is 3.10. The molecule has 0 unspecified atom stereocenters. The third-order valence-electron chi connectivity index (χ3n) is 2.22. The van der Waals surface area contributed by atoms with E-state index in [2.05, 4.69) is 0 Å². The van der Waals surface area contributed by atoms with E-state index in [1.165, 1.54) is 0 Å². The van der Waals surface area contributed by atoms with E-state index in [4.69, 9.17) is 15.6 Å². The molecule has 6 N–H and O–H groups in total. The van der Waals surface area contributed by atoms with Crippen LogP contribution >= 0.6 is 0 Å². The van der Waals surface area contributed by atoms with Gasteiger partial charge in [0.25, 0.3) is 0 Å². The van der Waals surface area contributed by atoms with Crippen molar-refractivity contribution in [1.29, 1.82) is 0 Å². The largest absolute Gasteiger partial charge is 0.394 e. The van der Waals surface area contributed by atoms with Gasteiger partial charge in [-0.05, 0) is 0 Å². The van der Waals surface area contributed by atoms with Crippen molar-refractivity contribution in [1.82, 2.24) is 0 Å². The zero-order valence-corrected chi connectivity index (χ0v) is 7.08. The van der Waals surface area contributed by atoms with Crippen molar-refractivity contribution in [2.75, 3.05) is 13.2 Å². The molecule has 0 aromatic carbocycles. The highest BCUT2D eigenvalue weighted by molar-refractivity contribution is 4.92. The van der Waals surface area contributed by atoms with Gasteiger partial charge in [-0.15, -0.1) is 0 Å². The first kappa shape index (κ1) is 10.8. The molecule has 0 bridgehead atoms. The summed E-state index contributed by atoms with van der Waals surface area (Å²) in [4.78, 5) is 0. The van der Waals surface area contributed by atoms with Crippen LogP contribution in [0.15, 0.2) is 0 Å². The molecule has 6 heteroatoms. The number of ether oxygens (including phenoxy) is 1. The molecule has 1 rings (SSSR count). The molecule has 1 fully saturated rings. The van der Waals surface area contributed by atoms with Crippen molar-refractivity contribution < 1.29 is 25.2 Å². The summed E-state index contributed by atoms with van der Waals surface area (Å²) < 4.78 is 5.04. The van der Waals surface area contributed by atoms with Crippen molar-refractivity contribution in [2.45, 2.75) is 30.5 Å². The standard InChI is InChI=1S/C7H15NO5/c8-1-3-5(10)7(12)6(11)4(2-9)13-3/h3-7,9-12H,1-2,8H2/t3-,4+,5+,6+,7+/m0/s1. The fourth-order valence-electron chi connectivity index (χ4n) is 1.37. The molecule has 1 heterocycles. The second-order valence-corrected chi connectivity index (χ2v) is 3.10. The summed E-state index contributed by atoms with van der Waals surface area (Å²) in [5.74, 6) is 0. The Morgan fingerprint density at radius 2 is 1.54 bits per heavy atom. The number of nitrogens with two attached hydrogens (primary N) is 1. The first-order chi connectivity index (χ1) is 6.11. The molecule has 0 radical (unpaired) electrons. The zero-order valence-electron chi connectivity index (χ0n) is 7.08. The fraction of sp³-hybridized carbons (Fsp3) is 1.00. The summed E-state index contributed by atoms with van der Waals surface area (Å²) in [6.45, 7) is -0.386. The molecule has 78 valence electrons. The summed E-state index contributed by atoms with van der Waals surface area (Å²) >= 11 is 0. The molecular formula is C7H15NO5. The monoisotopic (exact) mass is 193 g/mol. The van der Waals surface area contributed by atoms with E-state index in [1.54, 1.807) is 0 Å². The predicted octanol–water partition coefficient (Wildman–Crippen LogP) is -3.21. The fourth-order valence-corrected chi connectivity index (χ4v) is 1.37. The van der Waals surface area contributed by atoms with Crippen molar-refractivity contribution in [2.24, 2.45) is 5.73 Å². The van der Waals surface area contributed by atoms with Crippen LogP contribution in [0, 0.1) is 0 Å². The third kappa shape index (κ3) is 1.98. The minimum atomic E-state index is -1.32. The summed E-state index contributed by atoms with van der Waals surface area (Å²) in [6.07, 6.45) is -5.42. The quantitative estimate of drug-likeness (QED) is 0.315. The maximum atomic E-state index is 9.32. The van der Waals surface area contributed by atoms with Crippen LogP contribution in [-0.4, -0.2) is 64.1 Å². The Labute approximate surface area is 75.6 Å². The first-order valence-corrected chi connectivity index (χ1v) is 4.12. The lowest BCUT2D eigenvalue weighted by Crippen LogP contribution is -2.60. The smallest absolute Gasteiger partial charge is 0.111 e. The Balaban J connectivity index is 2.66. The Morgan fingerprint density at radius 3 is 2.00 bits per heavy atom. The lowest BCUT2D eigenvalue weighted by Gasteiger charge is -2.39. The van der Waals surface area contributed by atoms with Crippen LogP contribution in [0.5, 0.6) is 0 Å². The van der Waals surface area contributed by atoms with Crippen LogP contribution in [0.3, 0.4) is 0 Å². The van der Waals surface area contributed by atoms with Gasteiger partial charge in [-0.1, -0.05) is 0 Å². The molecule has 0 spiro atoms. The van der Waals surface area contributed by atoms with E-state index in [0.717, 1.165) is 0 Å². The minimum Gasteiger partial charge on any atom is -0.394 e. The van der Waals surface area contributed by atoms with Crippen molar-refractivity contribution in [3.63, 3.8) is 0 Å². The van der Waals surface area contributed by atoms with E-state index in [0.29, 0.717) is 0 Å². The summed E-state index contributed by atoms with van der Waals surface area (Å²) in [6, 6.07) is 0. The molecule has 1 aliphatic heterocycles. The molecule has 6 nitrogen and oxygen atoms in total. The Hall–Kier alpha value is -0.240. The molecule has 0 aliphatic carbocycles. The van der Waals surface area contributed by atoms with Crippen LogP contribution in [0.1, 0.15) is 0 Å². The molecule has 5 atom stereocenters. The summed E-state index contributed by atoms with van der Waals surface area (Å²) in [7, 11) is 0. The minimum absolute atomic E-state index is 0.0292. The zero-order chi connectivity index (χ0) is 10.0. The van der Waals surface area contributed by atoms with E-state index < -0.39 is 37.1 Å². The van der Waals surface area contributed by atoms with E-state index in [1.807, 2.05) is 0 Å². The summed E-state index contributed by atoms with van der Waals surface area (Å²) in [5.41, 5.74) is 5.26. The average Bonchev–Trinajstić information content (AvgIpc) is 2.15. The van der Waals surface area contributed by atoms with Gasteiger partial charge in [-0.2, -0.15) is 0 Å². The highest BCUT2D eigenvalue weighted by atomic mass is 16.5. The highest BCUT2D eigenvalue weighted by Crippen LogP contribution is 2.20. The van der Waals surface area contributed by atoms with Crippen LogP contribution in [0.2, 0.25) is 0 Å². The molecule has 13 heavy (non-hydrogen) atoms. The Bertz CT molecular complexity index is 147. The SMILES string of the molecule is NC[C@@H]1O[C@H](CO)[C@@H](O)[C@H](O)[C@@H]1O. The average molecular weight is 193 g/mol. The lowest BCUT2D eigenvalue weighted by molar-refractivity contribution is -0.226. The van der Waals surface area contributed by atoms with Crippen molar-refractivity contribution >= 4 is 0 Å². The Morgan fingerprint density at radius 1 is 1.00 bits per heavy atom. The normalized spacial score (nSPS) is 46.4. The number of hydrogen-bond donors (Lipinski definition) is 5. The number of aliphatic hydroxyl groups is 4. The number of hydrogen-bond acceptors (Lipinski definition) is 6. The van der Waals surface area contributed by atoms with Gasteiger partial charge < -0.3 is 30.9 Å². The number of aliphatic hydroxyl groups excluding tert-OH is 4. The maximum Gasteiger partial charge on any atom is 0.111 e. The van der Waals surface area contributed by atoms with Gasteiger partial charge in [0.05, 0.1) is 12.7 Å². The van der Waals surface area contributed by atoms with Crippen LogP contribution < -0.4 is 5.73 Å². The molecule has 0 aromatic rings. The topological polar surface area (TPSA) is 116 Å². The highest BCUT2D eigenvalue weighted by Gasteiger charge is 2.42. The van der Waals surface area contributed by atoms with E-state index in [9.17, 15) is 15.3 Å². The first-order valence-electron chi connectivity index (χ1n) is 4.12. The predicted molar refractivity (Wildman–Crippen MR) is 42.8 cm³/mol. The molecule has 0 aromatic heterocycles. The van der Waals surface area contributed by atoms with Gasteiger partial charge in [0.15, 0.2) is 0 Å². The third-order valence-corrected chi connectivity index (χ3v) is 2.22. The molecule has 1 aliphatic rings. The van der Waals surface area contributed by atoms with Crippen LogP contribution in [0.25, 0.3) is 0 Å². The lowest BCUT2D eigenvalue weighted by atomic mass is 9.95. The van der Waals surface area contributed by atoms with Gasteiger partial charge in [0.1, 0.15) is 24.4 Å². The van der Waals surface area contributed by atoms with Crippen LogP contribution in [0.4, 0.5) is 0 Å². The molecule has 0 saturated carbocycles. The summed E-state index contributed by atoms with van der Waals surface area (Å²) in [5, 5.41) is 36.7. The Kier molecular flexibility index (Phi) is 3.60. The van der Waals surface area contributed by atoms with E-state index in [-0.39, 0.29) is 6.54 Å². The molecular weight excluding hydrogens is 178 g/mol. The number of rotatable bonds is 2. The van der Waals surface area contributed by atoms with Crippen LogP contribution in [-0.2, 0) is 4.74 Å². The van der Waals surface area contributed by atoms with Gasteiger partial charge in [-0.3, -0.25) is 0 Å².